The molecule has 3 nitrogen and oxygen atoms in total. The van der Waals surface area contributed by atoms with Crippen molar-refractivity contribution in [1.82, 2.24) is 4.57 Å². The maximum Gasteiger partial charge on any atom is 0.117 e. The van der Waals surface area contributed by atoms with E-state index in [4.69, 9.17) is 0 Å². The van der Waals surface area contributed by atoms with Crippen LogP contribution in [0.1, 0.15) is 45.4 Å². The van der Waals surface area contributed by atoms with Gasteiger partial charge in [0.05, 0.1) is 11.0 Å². The zero-order valence-electron chi connectivity index (χ0n) is 13.8. The van der Waals surface area contributed by atoms with Crippen LogP contribution in [0, 0.1) is 0 Å². The normalized spacial score (nSPS) is 11.5. The van der Waals surface area contributed by atoms with Crippen LogP contribution in [0.2, 0.25) is 0 Å². The summed E-state index contributed by atoms with van der Waals surface area (Å²) in [6.45, 7) is 3.15. The molecule has 0 saturated carbocycles. The Labute approximate surface area is 137 Å². The van der Waals surface area contributed by atoms with Gasteiger partial charge < -0.3 is 14.8 Å². The molecule has 3 heteroatoms. The van der Waals surface area contributed by atoms with Gasteiger partial charge in [-0.05, 0) is 30.7 Å². The lowest BCUT2D eigenvalue weighted by molar-refractivity contribution is 0.475. The predicted molar refractivity (Wildman–Crippen MR) is 96.1 cm³/mol. The minimum atomic E-state index is 0.286. The van der Waals surface area contributed by atoms with E-state index in [9.17, 15) is 10.2 Å². The number of aromatic nitrogens is 1. The SMILES string of the molecule is CCCCCCCCn1c2cc(O)ccc2c2ccc(O)cc21. The fourth-order valence-corrected chi connectivity index (χ4v) is 3.36. The third-order valence-corrected chi connectivity index (χ3v) is 4.57. The molecule has 0 unspecified atom stereocenters. The minimum Gasteiger partial charge on any atom is -0.508 e. The number of hydrogen-bond donors (Lipinski definition) is 2. The van der Waals surface area contributed by atoms with Crippen LogP contribution in [0.25, 0.3) is 21.8 Å². The fraction of sp³-hybridized carbons (Fsp3) is 0.400. The number of benzene rings is 2. The van der Waals surface area contributed by atoms with E-state index in [2.05, 4.69) is 11.5 Å². The van der Waals surface area contributed by atoms with Crippen LogP contribution in [0.15, 0.2) is 36.4 Å². The summed E-state index contributed by atoms with van der Waals surface area (Å²) in [4.78, 5) is 0. The Balaban J connectivity index is 1.89. The van der Waals surface area contributed by atoms with E-state index >= 15 is 0 Å². The molecule has 0 radical (unpaired) electrons. The standard InChI is InChI=1S/C20H25NO2/c1-2-3-4-5-6-7-12-21-19-13-15(22)8-10-17(19)18-11-9-16(23)14-20(18)21/h8-11,13-14,22-23H,2-7,12H2,1H3. The number of unbranched alkanes of at least 4 members (excludes halogenated alkanes) is 5. The molecule has 0 aliphatic rings. The maximum atomic E-state index is 9.84. The van der Waals surface area contributed by atoms with Gasteiger partial charge in [-0.3, -0.25) is 0 Å². The minimum absolute atomic E-state index is 0.286. The van der Waals surface area contributed by atoms with E-state index < -0.39 is 0 Å². The smallest absolute Gasteiger partial charge is 0.117 e. The molecule has 0 amide bonds. The maximum absolute atomic E-state index is 9.84. The lowest BCUT2D eigenvalue weighted by Crippen LogP contribution is -1.97. The lowest BCUT2D eigenvalue weighted by atomic mass is 10.1. The van der Waals surface area contributed by atoms with E-state index in [1.807, 2.05) is 24.3 Å². The first-order valence-electron chi connectivity index (χ1n) is 8.64. The first kappa shape index (κ1) is 15.7. The van der Waals surface area contributed by atoms with Crippen LogP contribution in [-0.2, 0) is 6.54 Å². The molecule has 23 heavy (non-hydrogen) atoms. The molecule has 0 bridgehead atoms. The van der Waals surface area contributed by atoms with Crippen molar-refractivity contribution < 1.29 is 10.2 Å². The van der Waals surface area contributed by atoms with E-state index in [0.29, 0.717) is 0 Å². The Morgan fingerprint density at radius 3 is 1.83 bits per heavy atom. The number of hydrogen-bond acceptors (Lipinski definition) is 2. The molecule has 122 valence electrons. The second kappa shape index (κ2) is 6.95. The molecule has 0 fully saturated rings. The Hall–Kier alpha value is -2.16. The summed E-state index contributed by atoms with van der Waals surface area (Å²) < 4.78 is 2.23. The van der Waals surface area contributed by atoms with E-state index in [0.717, 1.165) is 34.8 Å². The van der Waals surface area contributed by atoms with E-state index in [1.165, 1.54) is 32.1 Å². The summed E-state index contributed by atoms with van der Waals surface area (Å²) in [5, 5.41) is 21.9. The monoisotopic (exact) mass is 311 g/mol. The van der Waals surface area contributed by atoms with Gasteiger partial charge in [-0.2, -0.15) is 0 Å². The molecule has 1 heterocycles. The molecule has 0 aliphatic carbocycles. The van der Waals surface area contributed by atoms with Crippen LogP contribution in [0.4, 0.5) is 0 Å². The fourth-order valence-electron chi connectivity index (χ4n) is 3.36. The Morgan fingerprint density at radius 2 is 1.26 bits per heavy atom. The third-order valence-electron chi connectivity index (χ3n) is 4.57. The van der Waals surface area contributed by atoms with Crippen molar-refractivity contribution in [2.24, 2.45) is 0 Å². The predicted octanol–water partition coefficient (Wildman–Crippen LogP) is 5.57. The highest BCUT2D eigenvalue weighted by atomic mass is 16.3. The van der Waals surface area contributed by atoms with Crippen molar-refractivity contribution in [3.63, 3.8) is 0 Å². The molecular formula is C20H25NO2. The van der Waals surface area contributed by atoms with Crippen molar-refractivity contribution in [1.29, 1.82) is 0 Å². The van der Waals surface area contributed by atoms with Gasteiger partial charge in [0.25, 0.3) is 0 Å². The number of phenols is 2. The molecular weight excluding hydrogens is 286 g/mol. The van der Waals surface area contributed by atoms with Crippen LogP contribution >= 0.6 is 0 Å². The van der Waals surface area contributed by atoms with E-state index in [-0.39, 0.29) is 11.5 Å². The molecule has 0 atom stereocenters. The van der Waals surface area contributed by atoms with Crippen LogP contribution in [0.3, 0.4) is 0 Å². The van der Waals surface area contributed by atoms with Gasteiger partial charge in [0.1, 0.15) is 11.5 Å². The Kier molecular flexibility index (Phi) is 4.75. The van der Waals surface area contributed by atoms with Crippen molar-refractivity contribution in [3.8, 4) is 11.5 Å². The second-order valence-corrected chi connectivity index (χ2v) is 6.32. The highest BCUT2D eigenvalue weighted by Gasteiger charge is 2.11. The first-order valence-corrected chi connectivity index (χ1v) is 8.64. The Bertz CT molecular complexity index is 745. The van der Waals surface area contributed by atoms with Crippen LogP contribution < -0.4 is 0 Å². The molecule has 2 N–H and O–H groups in total. The highest BCUT2D eigenvalue weighted by molar-refractivity contribution is 6.08. The number of aryl methyl sites for hydroxylation is 1. The molecule has 3 aromatic rings. The summed E-state index contributed by atoms with van der Waals surface area (Å²) in [7, 11) is 0. The molecule has 1 aromatic heterocycles. The third kappa shape index (κ3) is 3.29. The molecule has 0 spiro atoms. The van der Waals surface area contributed by atoms with Crippen molar-refractivity contribution in [2.45, 2.75) is 52.0 Å². The number of rotatable bonds is 7. The molecule has 2 aromatic carbocycles. The van der Waals surface area contributed by atoms with Crippen molar-refractivity contribution in [3.05, 3.63) is 36.4 Å². The summed E-state index contributed by atoms with van der Waals surface area (Å²) in [6.07, 6.45) is 7.52. The molecule has 0 saturated heterocycles. The van der Waals surface area contributed by atoms with Crippen molar-refractivity contribution in [2.75, 3.05) is 0 Å². The second-order valence-electron chi connectivity index (χ2n) is 6.32. The van der Waals surface area contributed by atoms with Gasteiger partial charge in [-0.1, -0.05) is 39.0 Å². The molecule has 3 rings (SSSR count). The van der Waals surface area contributed by atoms with Gasteiger partial charge in [-0.15, -0.1) is 0 Å². The zero-order chi connectivity index (χ0) is 16.2. The number of fused-ring (bicyclic) bond motifs is 3. The quantitative estimate of drug-likeness (QED) is 0.561. The van der Waals surface area contributed by atoms with Crippen LogP contribution in [0.5, 0.6) is 11.5 Å². The van der Waals surface area contributed by atoms with E-state index in [1.54, 1.807) is 12.1 Å². The summed E-state index contributed by atoms with van der Waals surface area (Å²) in [5.74, 6) is 0.572. The number of aromatic hydroxyl groups is 2. The lowest BCUT2D eigenvalue weighted by Gasteiger charge is -2.08. The van der Waals surface area contributed by atoms with Gasteiger partial charge >= 0.3 is 0 Å². The van der Waals surface area contributed by atoms with Gasteiger partial charge in [0, 0.05) is 29.4 Å². The summed E-state index contributed by atoms with van der Waals surface area (Å²) >= 11 is 0. The van der Waals surface area contributed by atoms with Crippen LogP contribution in [-0.4, -0.2) is 14.8 Å². The average Bonchev–Trinajstić information content (AvgIpc) is 2.83. The summed E-state index contributed by atoms with van der Waals surface area (Å²) in [5.41, 5.74) is 2.08. The highest BCUT2D eigenvalue weighted by Crippen LogP contribution is 2.33. The van der Waals surface area contributed by atoms with Gasteiger partial charge in [-0.25, -0.2) is 0 Å². The Morgan fingerprint density at radius 1 is 0.739 bits per heavy atom. The number of nitrogens with zero attached hydrogens (tertiary/aromatic N) is 1. The topological polar surface area (TPSA) is 45.4 Å². The van der Waals surface area contributed by atoms with Gasteiger partial charge in [0.15, 0.2) is 0 Å². The van der Waals surface area contributed by atoms with Crippen molar-refractivity contribution >= 4 is 21.8 Å². The number of phenolic OH excluding ortho intramolecular Hbond substituents is 2. The summed E-state index contributed by atoms with van der Waals surface area (Å²) in [6, 6.07) is 11.0. The average molecular weight is 311 g/mol. The first-order chi connectivity index (χ1) is 11.2. The zero-order valence-corrected chi connectivity index (χ0v) is 13.8. The largest absolute Gasteiger partial charge is 0.508 e. The van der Waals surface area contributed by atoms with Gasteiger partial charge in [0.2, 0.25) is 0 Å². The molecule has 0 aliphatic heterocycles.